The van der Waals surface area contributed by atoms with Gasteiger partial charge < -0.3 is 10.6 Å². The molecule has 1 aromatic carbocycles. The normalized spacial score (nSPS) is 12.2. The Morgan fingerprint density at radius 1 is 1.44 bits per heavy atom. The Bertz CT molecular complexity index is 395. The number of carbonyl (C=O) groups is 1. The number of hydrogen-bond acceptors (Lipinski definition) is 3. The molecule has 1 aromatic rings. The van der Waals surface area contributed by atoms with Crippen molar-refractivity contribution < 1.29 is 4.79 Å². The summed E-state index contributed by atoms with van der Waals surface area (Å²) in [4.78, 5) is 14.1. The molecule has 100 valence electrons. The fourth-order valence-electron chi connectivity index (χ4n) is 1.71. The van der Waals surface area contributed by atoms with Crippen LogP contribution in [-0.2, 0) is 4.79 Å². The van der Waals surface area contributed by atoms with Crippen molar-refractivity contribution in [3.05, 3.63) is 29.8 Å². The number of amides is 1. The number of rotatable bonds is 6. The second kappa shape index (κ2) is 7.44. The van der Waals surface area contributed by atoms with Gasteiger partial charge in [-0.1, -0.05) is 25.1 Å². The van der Waals surface area contributed by atoms with Crippen molar-refractivity contribution in [3.63, 3.8) is 0 Å². The van der Waals surface area contributed by atoms with Crippen molar-refractivity contribution in [3.8, 4) is 0 Å². The van der Waals surface area contributed by atoms with E-state index in [1.165, 1.54) is 0 Å². The van der Waals surface area contributed by atoms with E-state index in [1.54, 1.807) is 11.8 Å². The summed E-state index contributed by atoms with van der Waals surface area (Å²) in [6, 6.07) is 7.98. The first-order valence-corrected chi connectivity index (χ1v) is 7.32. The zero-order valence-corrected chi connectivity index (χ0v) is 12.2. The first-order chi connectivity index (χ1) is 8.60. The summed E-state index contributed by atoms with van der Waals surface area (Å²) in [7, 11) is 0. The molecule has 0 heterocycles. The molecular weight excluding hydrogens is 244 g/mol. The Hall–Kier alpha value is -1.00. The summed E-state index contributed by atoms with van der Waals surface area (Å²) >= 11 is 1.61. The molecule has 0 fully saturated rings. The van der Waals surface area contributed by atoms with Crippen molar-refractivity contribution in [1.82, 2.24) is 0 Å². The minimum Gasteiger partial charge on any atom is -0.329 e. The highest BCUT2D eigenvalue weighted by atomic mass is 32.2. The van der Waals surface area contributed by atoms with E-state index in [2.05, 4.69) is 0 Å². The van der Waals surface area contributed by atoms with Crippen LogP contribution in [0.25, 0.3) is 0 Å². The van der Waals surface area contributed by atoms with Crippen LogP contribution in [0.1, 0.15) is 19.4 Å². The third-order valence-corrected chi connectivity index (χ3v) is 4.02. The average Bonchev–Trinajstić information content (AvgIpc) is 2.39. The molecule has 1 amide bonds. The standard InChI is InChI=1S/C14H22N2OS/c1-4-16(13-8-6-5-7-11(13)2)14(17)10-18-12(3)9-15/h5-8,12H,4,9-10,15H2,1-3H3. The monoisotopic (exact) mass is 266 g/mol. The van der Waals surface area contributed by atoms with E-state index < -0.39 is 0 Å². The number of para-hydroxylation sites is 1. The van der Waals surface area contributed by atoms with Gasteiger partial charge in [0.25, 0.3) is 0 Å². The van der Waals surface area contributed by atoms with Crippen molar-refractivity contribution in [2.75, 3.05) is 23.7 Å². The minimum atomic E-state index is 0.150. The van der Waals surface area contributed by atoms with Gasteiger partial charge in [-0.2, -0.15) is 0 Å². The number of carbonyl (C=O) groups excluding carboxylic acids is 1. The zero-order chi connectivity index (χ0) is 13.5. The summed E-state index contributed by atoms with van der Waals surface area (Å²) in [6.07, 6.45) is 0. The van der Waals surface area contributed by atoms with E-state index in [-0.39, 0.29) is 5.91 Å². The number of benzene rings is 1. The Labute approximate surface area is 114 Å². The number of nitrogens with two attached hydrogens (primary N) is 1. The third kappa shape index (κ3) is 4.03. The van der Waals surface area contributed by atoms with Crippen LogP contribution in [0.4, 0.5) is 5.69 Å². The van der Waals surface area contributed by atoms with Gasteiger partial charge in [-0.25, -0.2) is 0 Å². The minimum absolute atomic E-state index is 0.150. The van der Waals surface area contributed by atoms with E-state index in [4.69, 9.17) is 5.73 Å². The summed E-state index contributed by atoms with van der Waals surface area (Å²) < 4.78 is 0. The summed E-state index contributed by atoms with van der Waals surface area (Å²) in [5.41, 5.74) is 7.69. The molecule has 1 rings (SSSR count). The molecule has 2 N–H and O–H groups in total. The maximum atomic E-state index is 12.2. The predicted molar refractivity (Wildman–Crippen MR) is 80.2 cm³/mol. The highest BCUT2D eigenvalue weighted by Gasteiger charge is 2.16. The van der Waals surface area contributed by atoms with Gasteiger partial charge in [0.1, 0.15) is 0 Å². The van der Waals surface area contributed by atoms with Gasteiger partial charge in [-0.05, 0) is 25.5 Å². The topological polar surface area (TPSA) is 46.3 Å². The molecule has 0 spiro atoms. The largest absolute Gasteiger partial charge is 0.329 e. The van der Waals surface area contributed by atoms with Crippen LogP contribution < -0.4 is 10.6 Å². The molecule has 0 aliphatic rings. The average molecular weight is 266 g/mol. The highest BCUT2D eigenvalue weighted by Crippen LogP contribution is 2.21. The van der Waals surface area contributed by atoms with E-state index in [0.717, 1.165) is 11.3 Å². The first-order valence-electron chi connectivity index (χ1n) is 6.27. The van der Waals surface area contributed by atoms with Crippen LogP contribution in [0.2, 0.25) is 0 Å². The van der Waals surface area contributed by atoms with Crippen LogP contribution in [-0.4, -0.2) is 30.0 Å². The van der Waals surface area contributed by atoms with Crippen molar-refractivity contribution in [2.24, 2.45) is 5.73 Å². The lowest BCUT2D eigenvalue weighted by Crippen LogP contribution is -2.33. The predicted octanol–water partition coefficient (Wildman–Crippen LogP) is 2.43. The van der Waals surface area contributed by atoms with Crippen molar-refractivity contribution in [1.29, 1.82) is 0 Å². The van der Waals surface area contributed by atoms with Crippen molar-refractivity contribution >= 4 is 23.4 Å². The van der Waals surface area contributed by atoms with E-state index in [9.17, 15) is 4.79 Å². The maximum Gasteiger partial charge on any atom is 0.236 e. The third-order valence-electron chi connectivity index (χ3n) is 2.85. The molecule has 18 heavy (non-hydrogen) atoms. The molecular formula is C14H22N2OS. The summed E-state index contributed by atoms with van der Waals surface area (Å²) in [5, 5.41) is 0.324. The van der Waals surface area contributed by atoms with E-state index in [0.29, 0.717) is 24.1 Å². The molecule has 0 saturated carbocycles. The van der Waals surface area contributed by atoms with Gasteiger partial charge in [0.15, 0.2) is 0 Å². The molecule has 0 saturated heterocycles. The molecule has 0 aliphatic carbocycles. The van der Waals surface area contributed by atoms with Crippen LogP contribution in [0.15, 0.2) is 24.3 Å². The zero-order valence-electron chi connectivity index (χ0n) is 11.3. The Morgan fingerprint density at radius 2 is 2.11 bits per heavy atom. The van der Waals surface area contributed by atoms with Crippen LogP contribution in [0.3, 0.4) is 0 Å². The van der Waals surface area contributed by atoms with E-state index in [1.807, 2.05) is 49.9 Å². The number of thioether (sulfide) groups is 1. The molecule has 4 heteroatoms. The molecule has 3 nitrogen and oxygen atoms in total. The molecule has 0 aliphatic heterocycles. The lowest BCUT2D eigenvalue weighted by Gasteiger charge is -2.23. The second-order valence-electron chi connectivity index (χ2n) is 4.28. The lowest BCUT2D eigenvalue weighted by molar-refractivity contribution is -0.116. The van der Waals surface area contributed by atoms with Gasteiger partial charge in [0.05, 0.1) is 5.75 Å². The van der Waals surface area contributed by atoms with Crippen LogP contribution in [0.5, 0.6) is 0 Å². The number of nitrogens with zero attached hydrogens (tertiary/aromatic N) is 1. The summed E-state index contributed by atoms with van der Waals surface area (Å²) in [5.74, 6) is 0.637. The van der Waals surface area contributed by atoms with E-state index >= 15 is 0 Å². The molecule has 1 unspecified atom stereocenters. The fraction of sp³-hybridized carbons (Fsp3) is 0.500. The molecule has 0 aromatic heterocycles. The molecule has 1 atom stereocenters. The Balaban J connectivity index is 2.72. The van der Waals surface area contributed by atoms with Gasteiger partial charge in [0, 0.05) is 24.0 Å². The summed E-state index contributed by atoms with van der Waals surface area (Å²) in [6.45, 7) is 7.37. The lowest BCUT2D eigenvalue weighted by atomic mass is 10.2. The van der Waals surface area contributed by atoms with Crippen LogP contribution in [0, 0.1) is 6.92 Å². The highest BCUT2D eigenvalue weighted by molar-refractivity contribution is 8.00. The Morgan fingerprint density at radius 3 is 2.67 bits per heavy atom. The van der Waals surface area contributed by atoms with Gasteiger partial charge in [-0.3, -0.25) is 4.79 Å². The molecule has 0 bridgehead atoms. The number of aryl methyl sites for hydroxylation is 1. The van der Waals surface area contributed by atoms with Crippen LogP contribution >= 0.6 is 11.8 Å². The first kappa shape index (κ1) is 15.1. The second-order valence-corrected chi connectivity index (χ2v) is 5.71. The Kier molecular flexibility index (Phi) is 6.22. The quantitative estimate of drug-likeness (QED) is 0.860. The fourth-order valence-corrected chi connectivity index (χ4v) is 2.43. The smallest absolute Gasteiger partial charge is 0.236 e. The SMILES string of the molecule is CCN(C(=O)CSC(C)CN)c1ccccc1C. The number of anilines is 1. The molecule has 0 radical (unpaired) electrons. The van der Waals surface area contributed by atoms with Crippen molar-refractivity contribution in [2.45, 2.75) is 26.0 Å². The number of hydrogen-bond donors (Lipinski definition) is 1. The van der Waals surface area contributed by atoms with Gasteiger partial charge in [0.2, 0.25) is 5.91 Å². The van der Waals surface area contributed by atoms with Gasteiger partial charge in [-0.15, -0.1) is 11.8 Å². The maximum absolute atomic E-state index is 12.2. The van der Waals surface area contributed by atoms with Gasteiger partial charge >= 0.3 is 0 Å².